The topological polar surface area (TPSA) is 187 Å². The van der Waals surface area contributed by atoms with Crippen LogP contribution in [-0.4, -0.2) is 47.2 Å². The molecule has 346 valence electrons. The molecule has 16 heteroatoms. The van der Waals surface area contributed by atoms with Crippen LogP contribution < -0.4 is 29.6 Å². The number of benzene rings is 4. The van der Waals surface area contributed by atoms with Crippen LogP contribution in [0.1, 0.15) is 68.5 Å². The van der Waals surface area contributed by atoms with E-state index in [0.717, 1.165) is 44.5 Å². The molecular formula is C52H46Cl2N6O8. The van der Waals surface area contributed by atoms with Gasteiger partial charge in [0.05, 0.1) is 34.4 Å². The number of carbonyl (C=O) groups excluding carboxylic acids is 2. The van der Waals surface area contributed by atoms with Gasteiger partial charge in [-0.2, -0.15) is 10.5 Å². The Hall–Kier alpha value is -7.20. The van der Waals surface area contributed by atoms with Crippen LogP contribution in [0, 0.1) is 36.5 Å². The van der Waals surface area contributed by atoms with E-state index < -0.39 is 12.1 Å². The molecule has 0 bridgehead atoms. The van der Waals surface area contributed by atoms with E-state index in [-0.39, 0.29) is 38.4 Å². The minimum Gasteiger partial charge on any atom is -0.488 e. The van der Waals surface area contributed by atoms with Crippen LogP contribution in [0.15, 0.2) is 97.6 Å². The van der Waals surface area contributed by atoms with E-state index >= 15 is 0 Å². The van der Waals surface area contributed by atoms with Crippen LogP contribution in [0.25, 0.3) is 11.1 Å². The van der Waals surface area contributed by atoms with Crippen molar-refractivity contribution in [1.29, 1.82) is 10.5 Å². The van der Waals surface area contributed by atoms with Gasteiger partial charge in [0.2, 0.25) is 0 Å². The van der Waals surface area contributed by atoms with E-state index in [1.807, 2.05) is 24.3 Å². The predicted octanol–water partition coefficient (Wildman–Crippen LogP) is 8.94. The Morgan fingerprint density at radius 3 is 1.41 bits per heavy atom. The van der Waals surface area contributed by atoms with Crippen molar-refractivity contribution in [3.8, 4) is 46.3 Å². The highest BCUT2D eigenvalue weighted by molar-refractivity contribution is 6.32. The van der Waals surface area contributed by atoms with E-state index in [1.54, 1.807) is 48.8 Å². The lowest BCUT2D eigenvalue weighted by atomic mass is 9.92. The third-order valence-electron chi connectivity index (χ3n) is 11.8. The maximum atomic E-state index is 12.2. The summed E-state index contributed by atoms with van der Waals surface area (Å²) in [6.45, 7) is 6.11. The molecule has 2 saturated heterocycles. The van der Waals surface area contributed by atoms with Crippen LogP contribution in [0.4, 0.5) is 0 Å². The second-order valence-electron chi connectivity index (χ2n) is 16.3. The molecule has 0 saturated carbocycles. The number of hydrogen-bond donors (Lipinski definition) is 2. The molecule has 2 aliphatic heterocycles. The van der Waals surface area contributed by atoms with Crippen molar-refractivity contribution in [2.45, 2.75) is 78.3 Å². The smallest absolute Gasteiger partial charge is 0.323 e. The number of esters is 2. The molecule has 8 rings (SSSR count). The fourth-order valence-corrected chi connectivity index (χ4v) is 8.38. The Bertz CT molecular complexity index is 2740. The standard InChI is InChI=1S/C52H46Cl2N6O8/c1-31-37(29-67-49-17-47(65-27-35-13-33(19-55)21-57-23-35)39(15-43(49)53)25-59-45-9-11-63-51(45)61)5-3-7-41(31)42-8-4-6-38(32(42)2)30-68-50-18-48(66-28-36-14-34(20-56)22-58-24-36)40(16-44(50)54)26-60-46-10-12-64-52(46)62/h3-8,13-18,21-24,45-46,59-60H,9-12,25-30H2,1-2H3. The fraction of sp³-hybridized carbons (Fsp3) is 0.269. The number of ether oxygens (including phenoxy) is 6. The third kappa shape index (κ3) is 11.5. The number of nitrogens with zero attached hydrogens (tertiary/aromatic N) is 4. The molecule has 0 spiro atoms. The van der Waals surface area contributed by atoms with Gasteiger partial charge in [0.25, 0.3) is 0 Å². The number of pyridine rings is 2. The van der Waals surface area contributed by atoms with Crippen LogP contribution in [0.5, 0.6) is 23.0 Å². The van der Waals surface area contributed by atoms with Crippen molar-refractivity contribution in [2.75, 3.05) is 13.2 Å². The monoisotopic (exact) mass is 952 g/mol. The van der Waals surface area contributed by atoms with Crippen molar-refractivity contribution < 1.29 is 38.0 Å². The first-order valence-electron chi connectivity index (χ1n) is 21.9. The minimum atomic E-state index is -0.434. The highest BCUT2D eigenvalue weighted by Crippen LogP contribution is 2.38. The lowest BCUT2D eigenvalue weighted by molar-refractivity contribution is -0.140. The Balaban J connectivity index is 0.981. The number of nitrogens with one attached hydrogen (secondary N) is 2. The first-order valence-corrected chi connectivity index (χ1v) is 22.6. The maximum absolute atomic E-state index is 12.2. The van der Waals surface area contributed by atoms with Gasteiger partial charge in [0.1, 0.15) is 73.6 Å². The van der Waals surface area contributed by atoms with Gasteiger partial charge < -0.3 is 39.1 Å². The summed E-state index contributed by atoms with van der Waals surface area (Å²) in [5.41, 5.74) is 9.67. The zero-order valence-corrected chi connectivity index (χ0v) is 38.8. The summed E-state index contributed by atoms with van der Waals surface area (Å²) in [6.07, 6.45) is 7.38. The van der Waals surface area contributed by atoms with Gasteiger partial charge in [0.15, 0.2) is 0 Å². The fourth-order valence-electron chi connectivity index (χ4n) is 7.90. The van der Waals surface area contributed by atoms with E-state index in [1.165, 1.54) is 12.4 Å². The van der Waals surface area contributed by atoms with E-state index in [0.29, 0.717) is 94.4 Å². The molecule has 2 aliphatic rings. The van der Waals surface area contributed by atoms with E-state index in [2.05, 4.69) is 58.7 Å². The van der Waals surface area contributed by atoms with Crippen LogP contribution in [-0.2, 0) is 58.6 Å². The Kier molecular flexibility index (Phi) is 15.3. The lowest BCUT2D eigenvalue weighted by Gasteiger charge is -2.19. The number of carbonyl (C=O) groups is 2. The Labute approximate surface area is 403 Å². The Morgan fingerprint density at radius 1 is 0.588 bits per heavy atom. The number of hydrogen-bond acceptors (Lipinski definition) is 14. The average molecular weight is 954 g/mol. The molecule has 0 aliphatic carbocycles. The first-order chi connectivity index (χ1) is 33.1. The predicted molar refractivity (Wildman–Crippen MR) is 252 cm³/mol. The van der Waals surface area contributed by atoms with Gasteiger partial charge in [-0.1, -0.05) is 59.6 Å². The maximum Gasteiger partial charge on any atom is 0.323 e. The van der Waals surface area contributed by atoms with Crippen LogP contribution in [0.2, 0.25) is 10.0 Å². The number of nitriles is 2. The van der Waals surface area contributed by atoms with E-state index in [9.17, 15) is 20.1 Å². The zero-order chi connectivity index (χ0) is 47.6. The third-order valence-corrected chi connectivity index (χ3v) is 12.4. The van der Waals surface area contributed by atoms with Gasteiger partial charge in [0, 0.05) is 85.1 Å². The summed E-state index contributed by atoms with van der Waals surface area (Å²) in [6, 6.07) is 25.9. The largest absolute Gasteiger partial charge is 0.488 e. The number of rotatable bonds is 19. The number of cyclic esters (lactones) is 2. The van der Waals surface area contributed by atoms with Crippen molar-refractivity contribution in [1.82, 2.24) is 20.6 Å². The molecule has 4 heterocycles. The molecule has 2 atom stereocenters. The molecule has 68 heavy (non-hydrogen) atoms. The summed E-state index contributed by atoms with van der Waals surface area (Å²) in [4.78, 5) is 32.6. The molecular weight excluding hydrogens is 908 g/mol. The van der Waals surface area contributed by atoms with Crippen molar-refractivity contribution in [3.63, 3.8) is 0 Å². The molecule has 0 radical (unpaired) electrons. The molecule has 4 aromatic carbocycles. The normalized spacial score (nSPS) is 15.3. The van der Waals surface area contributed by atoms with Gasteiger partial charge in [-0.3, -0.25) is 19.6 Å². The molecule has 2 unspecified atom stereocenters. The molecule has 14 nitrogen and oxygen atoms in total. The minimum absolute atomic E-state index is 0.137. The van der Waals surface area contributed by atoms with Crippen LogP contribution >= 0.6 is 23.2 Å². The number of aromatic nitrogens is 2. The molecule has 2 N–H and O–H groups in total. The van der Waals surface area contributed by atoms with Gasteiger partial charge in [-0.05, 0) is 71.5 Å². The zero-order valence-electron chi connectivity index (χ0n) is 37.3. The molecule has 2 fully saturated rings. The summed E-state index contributed by atoms with van der Waals surface area (Å²) in [5.74, 6) is 1.22. The summed E-state index contributed by atoms with van der Waals surface area (Å²) in [7, 11) is 0. The van der Waals surface area contributed by atoms with E-state index in [4.69, 9.17) is 51.6 Å². The highest BCUT2D eigenvalue weighted by Gasteiger charge is 2.28. The second kappa shape index (κ2) is 22.1. The highest BCUT2D eigenvalue weighted by atomic mass is 35.5. The first kappa shape index (κ1) is 47.3. The average Bonchev–Trinajstić information content (AvgIpc) is 3.97. The van der Waals surface area contributed by atoms with Crippen molar-refractivity contribution in [3.05, 3.63) is 163 Å². The quantitative estimate of drug-likeness (QED) is 0.0733. The second-order valence-corrected chi connectivity index (χ2v) is 17.1. The van der Waals surface area contributed by atoms with Gasteiger partial charge in [-0.25, -0.2) is 0 Å². The van der Waals surface area contributed by atoms with Gasteiger partial charge >= 0.3 is 11.9 Å². The summed E-state index contributed by atoms with van der Waals surface area (Å²) < 4.78 is 35.6. The lowest BCUT2D eigenvalue weighted by Crippen LogP contribution is -2.32. The SMILES string of the molecule is Cc1c(COc2cc(OCc3cncc(C#N)c3)c(CNC3CCOC3=O)cc2Cl)cccc1-c1cccc(COc2cc(OCc3cncc(C#N)c3)c(CNC3CCOC3=O)cc2Cl)c1C. The van der Waals surface area contributed by atoms with Gasteiger partial charge in [-0.15, -0.1) is 0 Å². The molecule has 0 amide bonds. The van der Waals surface area contributed by atoms with Crippen LogP contribution in [0.3, 0.4) is 0 Å². The summed E-state index contributed by atoms with van der Waals surface area (Å²) >= 11 is 13.7. The summed E-state index contributed by atoms with van der Waals surface area (Å²) in [5, 5.41) is 26.0. The molecule has 2 aromatic heterocycles. The van der Waals surface area contributed by atoms with Crippen molar-refractivity contribution in [2.24, 2.45) is 0 Å². The number of halogens is 2. The Morgan fingerprint density at radius 2 is 1.01 bits per heavy atom. The molecule has 6 aromatic rings. The van der Waals surface area contributed by atoms with Crippen molar-refractivity contribution >= 4 is 35.1 Å².